The van der Waals surface area contributed by atoms with Crippen molar-refractivity contribution in [1.82, 2.24) is 0 Å². The van der Waals surface area contributed by atoms with Crippen LogP contribution < -0.4 is 0 Å². The fourth-order valence-corrected chi connectivity index (χ4v) is 16.8. The van der Waals surface area contributed by atoms with Gasteiger partial charge in [-0.1, -0.05) is 329 Å². The van der Waals surface area contributed by atoms with Crippen molar-refractivity contribution in [3.05, 3.63) is 24.3 Å². The highest BCUT2D eigenvalue weighted by Gasteiger charge is 2.60. The van der Waals surface area contributed by atoms with Crippen molar-refractivity contribution in [2.75, 3.05) is 26.4 Å². The first kappa shape index (κ1) is 110. The van der Waals surface area contributed by atoms with E-state index in [0.29, 0.717) is 38.0 Å². The molecule has 3 fully saturated rings. The average Bonchev–Trinajstić information content (AvgIpc) is 0.754. The molecular formula is C93H171O25P. The van der Waals surface area contributed by atoms with Crippen LogP contribution in [0.2, 0.25) is 0 Å². The standard InChI is InChI=1S/C93H171O25P/c1-6-10-14-18-22-25-28-31-33-35-38-41-44-47-54-60-66-78(97)112-73(69-109-76(95)64-58-52-45-42-39-36-30-27-24-20-16-12-8-3)70-111-119(107,108)118-91-89(116-92-86(105)82(101)80(99)74(68-94)113-92)85(104)84(103)88(115-79(98)67-61-55-49-48-51-57-63-72(5)62-56-50-21-17-13-9-4)90(91)117-93-87(106)83(102)81(100)75(114-93)71-110-77(96)65-59-53-46-43-40-37-34-32-29-26-23-19-15-11-7-2/h26,29,36,39,72-75,80-94,99-106H,6-25,27-28,30-35,37-38,40-71H2,1-5H3,(H,107,108)/b29-26-,39-36-. The second kappa shape index (κ2) is 71.0. The summed E-state index contributed by atoms with van der Waals surface area (Å²) in [6.45, 7) is 7.88. The van der Waals surface area contributed by atoms with E-state index in [4.69, 9.17) is 46.9 Å². The Labute approximate surface area is 717 Å². The van der Waals surface area contributed by atoms with Gasteiger partial charge in [-0.2, -0.15) is 0 Å². The number of esters is 4. The predicted octanol–water partition coefficient (Wildman–Crippen LogP) is 18.0. The van der Waals surface area contributed by atoms with E-state index in [-0.39, 0.29) is 25.7 Å². The quantitative estimate of drug-likeness (QED) is 0.00889. The van der Waals surface area contributed by atoms with Crippen LogP contribution in [0.3, 0.4) is 0 Å². The minimum Gasteiger partial charge on any atom is -0.463 e. The lowest BCUT2D eigenvalue weighted by Gasteiger charge is -2.50. The Balaban J connectivity index is 1.92. The van der Waals surface area contributed by atoms with Gasteiger partial charge in [-0.3, -0.25) is 28.2 Å². The summed E-state index contributed by atoms with van der Waals surface area (Å²) >= 11 is 0. The van der Waals surface area contributed by atoms with Crippen LogP contribution in [-0.4, -0.2) is 205 Å². The molecule has 1 saturated carbocycles. The molecule has 26 heteroatoms. The van der Waals surface area contributed by atoms with E-state index in [1.807, 2.05) is 0 Å². The summed E-state index contributed by atoms with van der Waals surface area (Å²) in [5, 5.41) is 102. The van der Waals surface area contributed by atoms with Crippen molar-refractivity contribution < 1.29 is 122 Å². The maximum atomic E-state index is 14.9. The number of allylic oxidation sites excluding steroid dienone is 4. The maximum Gasteiger partial charge on any atom is 0.472 e. The predicted molar refractivity (Wildman–Crippen MR) is 462 cm³/mol. The molecule has 0 amide bonds. The Kier molecular flexibility index (Phi) is 65.7. The molecule has 0 bridgehead atoms. The van der Waals surface area contributed by atoms with Gasteiger partial charge in [0.25, 0.3) is 0 Å². The Morgan fingerprint density at radius 3 is 1.10 bits per heavy atom. The number of hydrogen-bond acceptors (Lipinski definition) is 24. The molecule has 698 valence electrons. The molecule has 2 aliphatic heterocycles. The van der Waals surface area contributed by atoms with Gasteiger partial charge >= 0.3 is 31.7 Å². The summed E-state index contributed by atoms with van der Waals surface area (Å²) in [4.78, 5) is 66.5. The third kappa shape index (κ3) is 51.4. The smallest absolute Gasteiger partial charge is 0.463 e. The molecule has 1 aliphatic carbocycles. The van der Waals surface area contributed by atoms with Gasteiger partial charge in [-0.05, 0) is 83.0 Å². The van der Waals surface area contributed by atoms with E-state index in [2.05, 4.69) is 58.9 Å². The molecule has 0 aromatic heterocycles. The lowest BCUT2D eigenvalue weighted by molar-refractivity contribution is -0.360. The number of rotatable bonds is 77. The summed E-state index contributed by atoms with van der Waals surface area (Å²) in [6, 6.07) is 0. The molecule has 10 N–H and O–H groups in total. The average molecular weight is 1720 g/mol. The van der Waals surface area contributed by atoms with Crippen molar-refractivity contribution >= 4 is 31.7 Å². The zero-order chi connectivity index (χ0) is 86.9. The first-order valence-electron chi connectivity index (χ1n) is 48.0. The number of phosphoric acid groups is 1. The molecule has 3 rings (SSSR count). The second-order valence-electron chi connectivity index (χ2n) is 34.5. The van der Waals surface area contributed by atoms with Crippen molar-refractivity contribution in [2.45, 2.75) is 511 Å². The Morgan fingerprint density at radius 2 is 0.681 bits per heavy atom. The molecule has 0 radical (unpaired) electrons. The third-order valence-electron chi connectivity index (χ3n) is 23.6. The molecule has 19 atom stereocenters. The van der Waals surface area contributed by atoms with Gasteiger partial charge < -0.3 is 88.7 Å². The number of hydrogen-bond donors (Lipinski definition) is 10. The lowest BCUT2D eigenvalue weighted by atomic mass is 9.84. The number of aliphatic hydroxyl groups is 9. The second-order valence-corrected chi connectivity index (χ2v) is 35.9. The summed E-state index contributed by atoms with van der Waals surface area (Å²) < 4.78 is 73.5. The zero-order valence-electron chi connectivity index (χ0n) is 74.6. The Hall–Kier alpha value is -3.05. The Morgan fingerprint density at radius 1 is 0.353 bits per heavy atom. The van der Waals surface area contributed by atoms with Gasteiger partial charge in [0.05, 0.1) is 13.2 Å². The lowest BCUT2D eigenvalue weighted by Crippen LogP contribution is -2.70. The van der Waals surface area contributed by atoms with Crippen LogP contribution in [-0.2, 0) is 70.7 Å². The van der Waals surface area contributed by atoms with Gasteiger partial charge in [-0.25, -0.2) is 4.57 Å². The topological polar surface area (TPSA) is 380 Å². The SMILES string of the molecule is CCCCCC/C=C\CCCCCCCCCC(=O)OCC1OC(OC2C(OC(=O)CCCCCCCCC(C)CCCCCCCC)C(O)C(O)C(OC3OC(CO)C(O)C(O)C3O)C2OP(=O)(O)OCC(COC(=O)CCCCC/C=C\CCCCCCCC)OC(=O)CCCCCCCCCCCCCCCCCC)C(O)C(O)C1O. The molecule has 2 heterocycles. The van der Waals surface area contributed by atoms with Crippen LogP contribution in [0.5, 0.6) is 0 Å². The fraction of sp³-hybridized carbons (Fsp3) is 0.914. The van der Waals surface area contributed by atoms with Crippen LogP contribution in [0.15, 0.2) is 24.3 Å². The molecule has 0 spiro atoms. The molecule has 0 aromatic carbocycles. The zero-order valence-corrected chi connectivity index (χ0v) is 75.5. The van der Waals surface area contributed by atoms with Gasteiger partial charge in [0.2, 0.25) is 0 Å². The molecule has 3 aliphatic rings. The number of carbonyl (C=O) groups excluding carboxylic acids is 4. The minimum atomic E-state index is -5.81. The third-order valence-corrected chi connectivity index (χ3v) is 24.6. The van der Waals surface area contributed by atoms with E-state index >= 15 is 0 Å². The fourth-order valence-electron chi connectivity index (χ4n) is 15.8. The number of phosphoric ester groups is 1. The van der Waals surface area contributed by atoms with Gasteiger partial charge in [0.15, 0.2) is 24.8 Å². The van der Waals surface area contributed by atoms with Crippen LogP contribution in [0.1, 0.15) is 407 Å². The van der Waals surface area contributed by atoms with Crippen molar-refractivity contribution in [3.63, 3.8) is 0 Å². The van der Waals surface area contributed by atoms with Gasteiger partial charge in [-0.15, -0.1) is 0 Å². The highest BCUT2D eigenvalue weighted by molar-refractivity contribution is 7.47. The molecule has 2 saturated heterocycles. The molecule has 25 nitrogen and oxygen atoms in total. The van der Waals surface area contributed by atoms with Crippen LogP contribution in [0.25, 0.3) is 0 Å². The van der Waals surface area contributed by atoms with E-state index in [9.17, 15) is 74.6 Å². The van der Waals surface area contributed by atoms with E-state index in [0.717, 1.165) is 148 Å². The van der Waals surface area contributed by atoms with Crippen LogP contribution >= 0.6 is 7.82 Å². The normalized spacial score (nSPS) is 25.2. The van der Waals surface area contributed by atoms with Gasteiger partial charge in [0, 0.05) is 25.7 Å². The molecule has 119 heavy (non-hydrogen) atoms. The number of aliphatic hydroxyl groups excluding tert-OH is 9. The summed E-state index contributed by atoms with van der Waals surface area (Å²) in [7, 11) is -5.81. The first-order valence-corrected chi connectivity index (χ1v) is 49.5. The maximum absolute atomic E-state index is 14.9. The van der Waals surface area contributed by atoms with Crippen molar-refractivity contribution in [3.8, 4) is 0 Å². The monoisotopic (exact) mass is 1720 g/mol. The highest BCUT2D eigenvalue weighted by atomic mass is 31.2. The van der Waals surface area contributed by atoms with Crippen molar-refractivity contribution in [2.24, 2.45) is 5.92 Å². The molecule has 19 unspecified atom stereocenters. The highest BCUT2D eigenvalue weighted by Crippen LogP contribution is 2.49. The largest absolute Gasteiger partial charge is 0.472 e. The van der Waals surface area contributed by atoms with Gasteiger partial charge in [0.1, 0.15) is 92.6 Å². The summed E-state index contributed by atoms with van der Waals surface area (Å²) in [6.07, 6.45) is 30.3. The van der Waals surface area contributed by atoms with E-state index in [1.165, 1.54) is 167 Å². The van der Waals surface area contributed by atoms with Crippen LogP contribution in [0.4, 0.5) is 0 Å². The first-order chi connectivity index (χ1) is 57.6. The Bertz CT molecular complexity index is 2580. The number of unbranched alkanes of at least 4 members (excludes halogenated alkanes) is 45. The van der Waals surface area contributed by atoms with E-state index < -0.39 is 162 Å². The molecular weight excluding hydrogens is 1550 g/mol. The van der Waals surface area contributed by atoms with Crippen molar-refractivity contribution in [1.29, 1.82) is 0 Å². The summed E-state index contributed by atoms with van der Waals surface area (Å²) in [5.41, 5.74) is 0. The number of ether oxygens (including phenoxy) is 8. The van der Waals surface area contributed by atoms with Crippen LogP contribution in [0, 0.1) is 5.92 Å². The minimum absolute atomic E-state index is 0.00889. The number of carbonyl (C=O) groups is 4. The molecule has 0 aromatic rings. The summed E-state index contributed by atoms with van der Waals surface area (Å²) in [5.74, 6) is -2.36. The van der Waals surface area contributed by atoms with E-state index in [1.54, 1.807) is 0 Å².